The summed E-state index contributed by atoms with van der Waals surface area (Å²) in [5.41, 5.74) is 1.50. The minimum absolute atomic E-state index is 0.102. The minimum atomic E-state index is -2.85. The summed E-state index contributed by atoms with van der Waals surface area (Å²) in [5.74, 6) is 1.18. The van der Waals surface area contributed by atoms with E-state index in [1.807, 2.05) is 11.9 Å². The Hall–Kier alpha value is -2.87. The highest BCUT2D eigenvalue weighted by molar-refractivity contribution is 5.94. The molecule has 0 spiro atoms. The second-order valence-corrected chi connectivity index (χ2v) is 6.17. The Morgan fingerprint density at radius 3 is 2.59 bits per heavy atom. The second-order valence-electron chi connectivity index (χ2n) is 6.17. The molecular formula is C19H20F2N2O4. The van der Waals surface area contributed by atoms with E-state index in [4.69, 9.17) is 9.47 Å². The molecule has 1 atom stereocenters. The van der Waals surface area contributed by atoms with Crippen LogP contribution in [0, 0.1) is 0 Å². The van der Waals surface area contributed by atoms with E-state index in [-0.39, 0.29) is 18.4 Å². The van der Waals surface area contributed by atoms with Crippen LogP contribution in [0.2, 0.25) is 0 Å². The third-order valence-electron chi connectivity index (χ3n) is 4.26. The number of rotatable bonds is 7. The number of hydrogen-bond acceptors (Lipinski definition) is 5. The summed E-state index contributed by atoms with van der Waals surface area (Å²) in [6.07, 6.45) is 0. The predicted octanol–water partition coefficient (Wildman–Crippen LogP) is 3.48. The maximum absolute atomic E-state index is 12.5. The molecule has 0 saturated carbocycles. The van der Waals surface area contributed by atoms with Crippen LogP contribution in [0.1, 0.15) is 12.5 Å². The van der Waals surface area contributed by atoms with Crippen molar-refractivity contribution in [1.29, 1.82) is 0 Å². The molecule has 27 heavy (non-hydrogen) atoms. The fourth-order valence-corrected chi connectivity index (χ4v) is 2.62. The zero-order chi connectivity index (χ0) is 19.4. The molecule has 0 radical (unpaired) electrons. The molecule has 144 valence electrons. The zero-order valence-electron chi connectivity index (χ0n) is 14.9. The van der Waals surface area contributed by atoms with Crippen LogP contribution >= 0.6 is 0 Å². The fraction of sp³-hybridized carbons (Fsp3) is 0.316. The molecular weight excluding hydrogens is 358 g/mol. The molecule has 0 aromatic heterocycles. The molecule has 6 nitrogen and oxygen atoms in total. The van der Waals surface area contributed by atoms with Gasteiger partial charge in [-0.25, -0.2) is 0 Å². The Morgan fingerprint density at radius 2 is 1.89 bits per heavy atom. The predicted molar refractivity (Wildman–Crippen MR) is 95.2 cm³/mol. The van der Waals surface area contributed by atoms with Crippen molar-refractivity contribution in [2.75, 3.05) is 19.2 Å². The maximum atomic E-state index is 12.5. The van der Waals surface area contributed by atoms with E-state index in [2.05, 4.69) is 10.1 Å². The molecule has 0 fully saturated rings. The molecule has 0 saturated heterocycles. The van der Waals surface area contributed by atoms with E-state index < -0.39 is 12.7 Å². The number of amides is 1. The highest BCUT2D eigenvalue weighted by Gasteiger charge is 2.20. The van der Waals surface area contributed by atoms with Crippen molar-refractivity contribution in [2.24, 2.45) is 0 Å². The SMILES string of the molecule is C[C@@H](C(=O)Nc1ccc2c(c1)OCO2)N(C)Cc1ccc(OC(F)F)cc1. The quantitative estimate of drug-likeness (QED) is 0.799. The van der Waals surface area contributed by atoms with Crippen LogP contribution in [-0.2, 0) is 11.3 Å². The zero-order valence-corrected chi connectivity index (χ0v) is 14.9. The number of halogens is 2. The van der Waals surface area contributed by atoms with E-state index in [0.717, 1.165) is 5.56 Å². The smallest absolute Gasteiger partial charge is 0.387 e. The summed E-state index contributed by atoms with van der Waals surface area (Å²) in [6, 6.07) is 11.1. The summed E-state index contributed by atoms with van der Waals surface area (Å²) in [5, 5.41) is 2.85. The van der Waals surface area contributed by atoms with Crippen molar-refractivity contribution in [3.05, 3.63) is 48.0 Å². The van der Waals surface area contributed by atoms with E-state index in [9.17, 15) is 13.6 Å². The van der Waals surface area contributed by atoms with Gasteiger partial charge in [0.15, 0.2) is 11.5 Å². The molecule has 2 aromatic rings. The molecule has 0 unspecified atom stereocenters. The van der Waals surface area contributed by atoms with Gasteiger partial charge in [0, 0.05) is 18.3 Å². The van der Waals surface area contributed by atoms with E-state index >= 15 is 0 Å². The van der Waals surface area contributed by atoms with Crippen LogP contribution in [-0.4, -0.2) is 37.3 Å². The highest BCUT2D eigenvalue weighted by Crippen LogP contribution is 2.34. The van der Waals surface area contributed by atoms with Gasteiger partial charge in [0.25, 0.3) is 0 Å². The molecule has 0 aliphatic carbocycles. The molecule has 1 amide bonds. The maximum Gasteiger partial charge on any atom is 0.387 e. The first-order valence-electron chi connectivity index (χ1n) is 8.37. The number of hydrogen-bond donors (Lipinski definition) is 1. The summed E-state index contributed by atoms with van der Waals surface area (Å²) in [4.78, 5) is 14.3. The number of nitrogens with one attached hydrogen (secondary N) is 1. The van der Waals surface area contributed by atoms with Crippen molar-refractivity contribution in [3.63, 3.8) is 0 Å². The van der Waals surface area contributed by atoms with Gasteiger partial charge in [-0.1, -0.05) is 12.1 Å². The van der Waals surface area contributed by atoms with Crippen LogP contribution < -0.4 is 19.5 Å². The van der Waals surface area contributed by atoms with Gasteiger partial charge in [-0.05, 0) is 43.8 Å². The number of ether oxygens (including phenoxy) is 3. The van der Waals surface area contributed by atoms with Crippen molar-refractivity contribution in [2.45, 2.75) is 26.1 Å². The normalized spacial score (nSPS) is 13.7. The number of fused-ring (bicyclic) bond motifs is 1. The van der Waals surface area contributed by atoms with Crippen LogP contribution in [0.4, 0.5) is 14.5 Å². The minimum Gasteiger partial charge on any atom is -0.454 e. The van der Waals surface area contributed by atoms with E-state index in [1.54, 1.807) is 37.3 Å². The number of benzene rings is 2. The highest BCUT2D eigenvalue weighted by atomic mass is 19.3. The van der Waals surface area contributed by atoms with Gasteiger partial charge in [0.05, 0.1) is 6.04 Å². The third-order valence-corrected chi connectivity index (χ3v) is 4.26. The number of carbonyl (C=O) groups excluding carboxylic acids is 1. The molecule has 2 aromatic carbocycles. The molecule has 1 heterocycles. The number of likely N-dealkylation sites (N-methyl/N-ethyl adjacent to an activating group) is 1. The summed E-state index contributed by atoms with van der Waals surface area (Å²) >= 11 is 0. The van der Waals surface area contributed by atoms with Crippen LogP contribution in [0.25, 0.3) is 0 Å². The third kappa shape index (κ3) is 4.85. The van der Waals surface area contributed by atoms with Gasteiger partial charge in [-0.2, -0.15) is 8.78 Å². The first kappa shape index (κ1) is 18.9. The van der Waals surface area contributed by atoms with Crippen molar-refractivity contribution in [3.8, 4) is 17.2 Å². The Kier molecular flexibility index (Phi) is 5.75. The van der Waals surface area contributed by atoms with Crippen molar-refractivity contribution >= 4 is 11.6 Å². The van der Waals surface area contributed by atoms with Gasteiger partial charge in [-0.15, -0.1) is 0 Å². The Morgan fingerprint density at radius 1 is 1.19 bits per heavy atom. The topological polar surface area (TPSA) is 60.0 Å². The van der Waals surface area contributed by atoms with E-state index in [1.165, 1.54) is 12.1 Å². The van der Waals surface area contributed by atoms with Gasteiger partial charge in [-0.3, -0.25) is 9.69 Å². The average Bonchev–Trinajstić information content (AvgIpc) is 3.10. The van der Waals surface area contributed by atoms with Crippen molar-refractivity contribution < 1.29 is 27.8 Å². The summed E-state index contributed by atoms with van der Waals surface area (Å²) in [6.45, 7) is -0.410. The number of nitrogens with zero attached hydrogens (tertiary/aromatic N) is 1. The van der Waals surface area contributed by atoms with Gasteiger partial charge >= 0.3 is 6.61 Å². The monoisotopic (exact) mass is 378 g/mol. The standard InChI is InChI=1S/C19H20F2N2O4/c1-12(18(24)22-14-5-8-16-17(9-14)26-11-25-16)23(2)10-13-3-6-15(7-4-13)27-19(20)21/h3-9,12,19H,10-11H2,1-2H3,(H,22,24)/t12-/m0/s1. The lowest BCUT2D eigenvalue weighted by atomic mass is 10.1. The average molecular weight is 378 g/mol. The first-order valence-corrected chi connectivity index (χ1v) is 8.37. The molecule has 1 N–H and O–H groups in total. The van der Waals surface area contributed by atoms with E-state index in [0.29, 0.717) is 23.7 Å². The molecule has 1 aliphatic heterocycles. The first-order chi connectivity index (χ1) is 12.9. The lowest BCUT2D eigenvalue weighted by molar-refractivity contribution is -0.120. The second kappa shape index (κ2) is 8.22. The summed E-state index contributed by atoms with van der Waals surface area (Å²) in [7, 11) is 1.81. The van der Waals surface area contributed by atoms with Gasteiger partial charge in [0.2, 0.25) is 12.7 Å². The van der Waals surface area contributed by atoms with Crippen LogP contribution in [0.15, 0.2) is 42.5 Å². The van der Waals surface area contributed by atoms with Gasteiger partial charge in [0.1, 0.15) is 5.75 Å². The van der Waals surface area contributed by atoms with Crippen LogP contribution in [0.5, 0.6) is 17.2 Å². The number of anilines is 1. The lowest BCUT2D eigenvalue weighted by Crippen LogP contribution is -2.39. The molecule has 3 rings (SSSR count). The number of alkyl halides is 2. The summed E-state index contributed by atoms with van der Waals surface area (Å²) < 4.78 is 39.3. The lowest BCUT2D eigenvalue weighted by Gasteiger charge is -2.24. The molecule has 0 bridgehead atoms. The largest absolute Gasteiger partial charge is 0.454 e. The van der Waals surface area contributed by atoms with Gasteiger partial charge < -0.3 is 19.5 Å². The Bertz CT molecular complexity index is 799. The van der Waals surface area contributed by atoms with Crippen LogP contribution in [0.3, 0.4) is 0 Å². The molecule has 1 aliphatic rings. The Labute approximate surface area is 155 Å². The number of carbonyl (C=O) groups is 1. The fourth-order valence-electron chi connectivity index (χ4n) is 2.62. The molecule has 8 heteroatoms. The Balaban J connectivity index is 1.56. The van der Waals surface area contributed by atoms with Crippen molar-refractivity contribution in [1.82, 2.24) is 4.90 Å².